The van der Waals surface area contributed by atoms with Crippen LogP contribution in [0, 0.1) is 5.82 Å². The normalized spacial score (nSPS) is 10.2. The number of anilines is 1. The van der Waals surface area contributed by atoms with Crippen LogP contribution in [0.2, 0.25) is 0 Å². The fraction of sp³-hybridized carbons (Fsp3) is 0.286. The van der Waals surface area contributed by atoms with E-state index < -0.39 is 0 Å². The molecule has 0 spiro atoms. The van der Waals surface area contributed by atoms with Gasteiger partial charge in [0.1, 0.15) is 18.0 Å². The molecule has 0 atom stereocenters. The standard InChI is InChI=1S/C14H16FN3O/c1-2-19-14-9-13(17-10-18-14)16-8-7-11-3-5-12(15)6-4-11/h3-6,9-10H,2,7-8H2,1H3,(H,16,17,18). The maximum Gasteiger partial charge on any atom is 0.218 e. The van der Waals surface area contributed by atoms with Gasteiger partial charge in [0.05, 0.1) is 6.61 Å². The summed E-state index contributed by atoms with van der Waals surface area (Å²) in [4.78, 5) is 8.09. The van der Waals surface area contributed by atoms with Gasteiger partial charge < -0.3 is 10.1 Å². The van der Waals surface area contributed by atoms with Crippen molar-refractivity contribution in [3.8, 4) is 5.88 Å². The van der Waals surface area contributed by atoms with E-state index in [2.05, 4.69) is 15.3 Å². The number of aromatic nitrogens is 2. The van der Waals surface area contributed by atoms with E-state index in [0.29, 0.717) is 19.0 Å². The third kappa shape index (κ3) is 4.21. The SMILES string of the molecule is CCOc1cc(NCCc2ccc(F)cc2)ncn1. The van der Waals surface area contributed by atoms with Crippen molar-refractivity contribution >= 4 is 5.82 Å². The summed E-state index contributed by atoms with van der Waals surface area (Å²) in [6, 6.07) is 8.25. The molecule has 1 aromatic carbocycles. The molecule has 0 fully saturated rings. The van der Waals surface area contributed by atoms with Gasteiger partial charge in [-0.1, -0.05) is 12.1 Å². The van der Waals surface area contributed by atoms with Gasteiger partial charge in [-0.15, -0.1) is 0 Å². The Morgan fingerprint density at radius 3 is 2.74 bits per heavy atom. The van der Waals surface area contributed by atoms with Crippen LogP contribution in [0.4, 0.5) is 10.2 Å². The predicted molar refractivity (Wildman–Crippen MR) is 71.8 cm³/mol. The van der Waals surface area contributed by atoms with Gasteiger partial charge in [-0.25, -0.2) is 14.4 Å². The van der Waals surface area contributed by atoms with E-state index >= 15 is 0 Å². The van der Waals surface area contributed by atoms with Crippen LogP contribution in [0.1, 0.15) is 12.5 Å². The first kappa shape index (κ1) is 13.3. The van der Waals surface area contributed by atoms with Gasteiger partial charge in [0.15, 0.2) is 0 Å². The van der Waals surface area contributed by atoms with Crippen LogP contribution in [-0.2, 0) is 6.42 Å². The van der Waals surface area contributed by atoms with Crippen molar-refractivity contribution in [1.29, 1.82) is 0 Å². The summed E-state index contributed by atoms with van der Waals surface area (Å²) in [5, 5.41) is 3.18. The Morgan fingerprint density at radius 1 is 1.21 bits per heavy atom. The van der Waals surface area contributed by atoms with Gasteiger partial charge in [-0.05, 0) is 31.0 Å². The Hall–Kier alpha value is -2.17. The number of hydrogen-bond donors (Lipinski definition) is 1. The van der Waals surface area contributed by atoms with Crippen LogP contribution < -0.4 is 10.1 Å². The number of hydrogen-bond acceptors (Lipinski definition) is 4. The van der Waals surface area contributed by atoms with Crippen LogP contribution in [0.25, 0.3) is 0 Å². The van der Waals surface area contributed by atoms with Crippen LogP contribution in [0.5, 0.6) is 5.88 Å². The summed E-state index contributed by atoms with van der Waals surface area (Å²) >= 11 is 0. The van der Waals surface area contributed by atoms with Gasteiger partial charge in [0, 0.05) is 12.6 Å². The Morgan fingerprint density at radius 2 is 2.00 bits per heavy atom. The van der Waals surface area contributed by atoms with E-state index in [-0.39, 0.29) is 5.82 Å². The maximum absolute atomic E-state index is 12.7. The molecule has 100 valence electrons. The highest BCUT2D eigenvalue weighted by Gasteiger charge is 1.99. The fourth-order valence-electron chi connectivity index (χ4n) is 1.65. The van der Waals surface area contributed by atoms with Crippen molar-refractivity contribution in [2.24, 2.45) is 0 Å². The molecule has 0 amide bonds. The van der Waals surface area contributed by atoms with Crippen molar-refractivity contribution in [2.45, 2.75) is 13.3 Å². The molecular formula is C14H16FN3O. The number of ether oxygens (including phenoxy) is 1. The summed E-state index contributed by atoms with van der Waals surface area (Å²) in [6.07, 6.45) is 2.26. The molecule has 1 heterocycles. The monoisotopic (exact) mass is 261 g/mol. The molecule has 5 heteroatoms. The highest BCUT2D eigenvalue weighted by molar-refractivity contribution is 5.37. The third-order valence-corrected chi connectivity index (χ3v) is 2.57. The summed E-state index contributed by atoms with van der Waals surface area (Å²) in [6.45, 7) is 3.20. The summed E-state index contributed by atoms with van der Waals surface area (Å²) in [7, 11) is 0. The molecule has 1 N–H and O–H groups in total. The van der Waals surface area contributed by atoms with E-state index in [4.69, 9.17) is 4.74 Å². The van der Waals surface area contributed by atoms with E-state index in [1.165, 1.54) is 18.5 Å². The maximum atomic E-state index is 12.7. The molecule has 0 bridgehead atoms. The average molecular weight is 261 g/mol. The van der Waals surface area contributed by atoms with Crippen molar-refractivity contribution in [1.82, 2.24) is 9.97 Å². The molecule has 0 aliphatic carbocycles. The van der Waals surface area contributed by atoms with Crippen molar-refractivity contribution in [3.63, 3.8) is 0 Å². The van der Waals surface area contributed by atoms with Gasteiger partial charge in [-0.3, -0.25) is 0 Å². The Balaban J connectivity index is 1.85. The van der Waals surface area contributed by atoms with Crippen LogP contribution >= 0.6 is 0 Å². The van der Waals surface area contributed by atoms with Gasteiger partial charge in [-0.2, -0.15) is 0 Å². The Kier molecular flexibility index (Phi) is 4.66. The third-order valence-electron chi connectivity index (χ3n) is 2.57. The van der Waals surface area contributed by atoms with E-state index in [9.17, 15) is 4.39 Å². The summed E-state index contributed by atoms with van der Waals surface area (Å²) < 4.78 is 18.0. The molecule has 4 nitrogen and oxygen atoms in total. The minimum absolute atomic E-state index is 0.214. The smallest absolute Gasteiger partial charge is 0.218 e. The lowest BCUT2D eigenvalue weighted by molar-refractivity contribution is 0.326. The number of rotatable bonds is 6. The molecule has 0 saturated carbocycles. The first-order valence-corrected chi connectivity index (χ1v) is 6.21. The Labute approximate surface area is 111 Å². The number of nitrogens with one attached hydrogen (secondary N) is 1. The number of nitrogens with zero attached hydrogens (tertiary/aromatic N) is 2. The highest BCUT2D eigenvalue weighted by atomic mass is 19.1. The fourth-order valence-corrected chi connectivity index (χ4v) is 1.65. The van der Waals surface area contributed by atoms with Crippen LogP contribution in [-0.4, -0.2) is 23.1 Å². The molecule has 19 heavy (non-hydrogen) atoms. The lowest BCUT2D eigenvalue weighted by atomic mass is 10.1. The van der Waals surface area contributed by atoms with Crippen molar-refractivity contribution in [3.05, 3.63) is 48.0 Å². The number of benzene rings is 1. The first-order chi connectivity index (χ1) is 9.28. The van der Waals surface area contributed by atoms with Gasteiger partial charge >= 0.3 is 0 Å². The quantitative estimate of drug-likeness (QED) is 0.868. The molecule has 0 radical (unpaired) electrons. The second-order valence-corrected chi connectivity index (χ2v) is 3.98. The molecule has 1 aromatic heterocycles. The van der Waals surface area contributed by atoms with E-state index in [0.717, 1.165) is 17.8 Å². The first-order valence-electron chi connectivity index (χ1n) is 6.21. The minimum atomic E-state index is -0.214. The lowest BCUT2D eigenvalue weighted by Gasteiger charge is -2.07. The van der Waals surface area contributed by atoms with Gasteiger partial charge in [0.25, 0.3) is 0 Å². The zero-order chi connectivity index (χ0) is 13.5. The van der Waals surface area contributed by atoms with E-state index in [1.807, 2.05) is 6.92 Å². The van der Waals surface area contributed by atoms with E-state index in [1.54, 1.807) is 18.2 Å². The van der Waals surface area contributed by atoms with Gasteiger partial charge in [0.2, 0.25) is 5.88 Å². The summed E-state index contributed by atoms with van der Waals surface area (Å²) in [5.74, 6) is 1.07. The molecule has 2 rings (SSSR count). The van der Waals surface area contributed by atoms with Crippen molar-refractivity contribution < 1.29 is 9.13 Å². The Bertz CT molecular complexity index is 516. The molecule has 0 unspecified atom stereocenters. The molecule has 2 aromatic rings. The summed E-state index contributed by atoms with van der Waals surface area (Å²) in [5.41, 5.74) is 1.08. The van der Waals surface area contributed by atoms with Crippen LogP contribution in [0.15, 0.2) is 36.7 Å². The lowest BCUT2D eigenvalue weighted by Crippen LogP contribution is -2.07. The molecular weight excluding hydrogens is 245 g/mol. The molecule has 0 aliphatic rings. The second-order valence-electron chi connectivity index (χ2n) is 3.98. The second kappa shape index (κ2) is 6.68. The molecule has 0 aliphatic heterocycles. The topological polar surface area (TPSA) is 47.0 Å². The zero-order valence-corrected chi connectivity index (χ0v) is 10.8. The zero-order valence-electron chi connectivity index (χ0n) is 10.8. The molecule has 0 saturated heterocycles. The average Bonchev–Trinajstić information content (AvgIpc) is 2.42. The minimum Gasteiger partial charge on any atom is -0.478 e. The highest BCUT2D eigenvalue weighted by Crippen LogP contribution is 2.11. The van der Waals surface area contributed by atoms with Crippen LogP contribution in [0.3, 0.4) is 0 Å². The number of halogens is 1. The largest absolute Gasteiger partial charge is 0.478 e. The predicted octanol–water partition coefficient (Wildman–Crippen LogP) is 2.67. The van der Waals surface area contributed by atoms with Crippen molar-refractivity contribution in [2.75, 3.05) is 18.5 Å².